The molecule has 0 saturated carbocycles. The molecule has 1 aliphatic heterocycles. The second-order valence-corrected chi connectivity index (χ2v) is 3.47. The Balaban J connectivity index is 2.62. The lowest BCUT2D eigenvalue weighted by Gasteiger charge is -2.48. The van der Waals surface area contributed by atoms with Crippen molar-refractivity contribution >= 4 is 5.97 Å². The first-order valence-corrected chi connectivity index (χ1v) is 4.37. The Kier molecular flexibility index (Phi) is 2.69. The number of likely N-dealkylation sites (tertiary alicyclic amines) is 1. The first kappa shape index (κ1) is 9.48. The normalized spacial score (nSPS) is 24.8. The zero-order valence-corrected chi connectivity index (χ0v) is 7.32. The molecule has 4 heteroatoms. The second kappa shape index (κ2) is 3.41. The van der Waals surface area contributed by atoms with E-state index in [1.54, 1.807) is 0 Å². The highest BCUT2D eigenvalue weighted by Gasteiger charge is 2.32. The highest BCUT2D eigenvalue weighted by molar-refractivity contribution is 5.71. The number of rotatable bonds is 2. The number of piperidine rings is 1. The minimum atomic E-state index is -0.980. The van der Waals surface area contributed by atoms with Crippen LogP contribution in [0.15, 0.2) is 0 Å². The summed E-state index contributed by atoms with van der Waals surface area (Å²) in [5.74, 6) is -0.980. The molecule has 0 amide bonds. The molecule has 1 heterocycles. The van der Waals surface area contributed by atoms with Crippen LogP contribution in [0, 0.1) is 5.21 Å². The number of hydroxylamine groups is 3. The monoisotopic (exact) mass is 173 g/mol. The molecule has 70 valence electrons. The molecule has 0 aromatic heterocycles. The molecule has 0 aliphatic carbocycles. The van der Waals surface area contributed by atoms with Crippen molar-refractivity contribution in [2.24, 2.45) is 0 Å². The molecule has 0 aromatic rings. The van der Waals surface area contributed by atoms with E-state index < -0.39 is 16.7 Å². The third-order valence-electron chi connectivity index (χ3n) is 2.64. The van der Waals surface area contributed by atoms with Gasteiger partial charge in [0.2, 0.25) is 0 Å². The van der Waals surface area contributed by atoms with E-state index in [0.29, 0.717) is 13.1 Å². The van der Waals surface area contributed by atoms with E-state index >= 15 is 0 Å². The molecule has 1 rings (SSSR count). The zero-order valence-electron chi connectivity index (χ0n) is 7.32. The minimum absolute atomic E-state index is 0.466. The van der Waals surface area contributed by atoms with Crippen molar-refractivity contribution < 1.29 is 14.5 Å². The number of nitrogens with zero attached hydrogens (tertiary/aromatic N) is 1. The lowest BCUT2D eigenvalue weighted by molar-refractivity contribution is -0.899. The molecule has 12 heavy (non-hydrogen) atoms. The standard InChI is InChI=1S/C8H15NO3/c1-7(8(10)11)9(12)5-3-2-4-6-9/h7H,2-6H2,1H3,(H,10,11)/t7-/m1/s1. The molecular formula is C8H15NO3. The topological polar surface area (TPSA) is 60.4 Å². The molecule has 1 aliphatic rings. The van der Waals surface area contributed by atoms with Gasteiger partial charge in [-0.15, -0.1) is 0 Å². The van der Waals surface area contributed by atoms with Crippen LogP contribution in [0.3, 0.4) is 0 Å². The van der Waals surface area contributed by atoms with Gasteiger partial charge in [-0.25, -0.2) is 4.79 Å². The van der Waals surface area contributed by atoms with Crippen molar-refractivity contribution in [2.45, 2.75) is 32.2 Å². The van der Waals surface area contributed by atoms with E-state index in [1.807, 2.05) is 0 Å². The molecule has 0 aromatic carbocycles. The van der Waals surface area contributed by atoms with Gasteiger partial charge in [-0.1, -0.05) is 0 Å². The highest BCUT2D eigenvalue weighted by atomic mass is 16.6. The van der Waals surface area contributed by atoms with Crippen LogP contribution < -0.4 is 0 Å². The summed E-state index contributed by atoms with van der Waals surface area (Å²) in [6, 6.07) is -0.801. The molecule has 4 nitrogen and oxygen atoms in total. The fourth-order valence-electron chi connectivity index (χ4n) is 1.64. The number of carboxylic acids is 1. The maximum Gasteiger partial charge on any atom is 0.362 e. The summed E-state index contributed by atoms with van der Waals surface area (Å²) in [6.45, 7) is 2.43. The van der Waals surface area contributed by atoms with Gasteiger partial charge in [0.15, 0.2) is 6.04 Å². The van der Waals surface area contributed by atoms with Crippen LogP contribution in [0.5, 0.6) is 0 Å². The first-order chi connectivity index (χ1) is 5.56. The Morgan fingerprint density at radius 2 is 1.92 bits per heavy atom. The number of hydrogen-bond acceptors (Lipinski definition) is 2. The summed E-state index contributed by atoms with van der Waals surface area (Å²) in [6.07, 6.45) is 2.79. The molecule has 0 radical (unpaired) electrons. The predicted molar refractivity (Wildman–Crippen MR) is 44.3 cm³/mol. The third-order valence-corrected chi connectivity index (χ3v) is 2.64. The van der Waals surface area contributed by atoms with Gasteiger partial charge < -0.3 is 15.0 Å². The summed E-state index contributed by atoms with van der Waals surface area (Å²) in [5, 5.41) is 20.5. The van der Waals surface area contributed by atoms with Crippen LogP contribution in [0.1, 0.15) is 26.2 Å². The van der Waals surface area contributed by atoms with E-state index in [0.717, 1.165) is 19.3 Å². The van der Waals surface area contributed by atoms with Crippen LogP contribution in [0.2, 0.25) is 0 Å². The van der Waals surface area contributed by atoms with E-state index in [-0.39, 0.29) is 0 Å². The maximum atomic E-state index is 11.8. The van der Waals surface area contributed by atoms with Gasteiger partial charge in [0.25, 0.3) is 0 Å². The van der Waals surface area contributed by atoms with E-state index in [1.165, 1.54) is 6.92 Å². The number of aliphatic carboxylic acids is 1. The summed E-state index contributed by atoms with van der Waals surface area (Å²) >= 11 is 0. The van der Waals surface area contributed by atoms with Crippen molar-refractivity contribution in [3.05, 3.63) is 5.21 Å². The third kappa shape index (κ3) is 1.76. The lowest BCUT2D eigenvalue weighted by atomic mass is 10.1. The van der Waals surface area contributed by atoms with Gasteiger partial charge in [0.1, 0.15) is 0 Å². The largest absolute Gasteiger partial charge is 0.632 e. The molecule has 0 unspecified atom stereocenters. The summed E-state index contributed by atoms with van der Waals surface area (Å²) in [5.41, 5.74) is 0. The zero-order chi connectivity index (χ0) is 9.19. The highest BCUT2D eigenvalue weighted by Crippen LogP contribution is 2.21. The van der Waals surface area contributed by atoms with E-state index in [4.69, 9.17) is 5.11 Å². The number of carbonyl (C=O) groups is 1. The Hall–Kier alpha value is -0.610. The van der Waals surface area contributed by atoms with Crippen molar-refractivity contribution in [3.8, 4) is 0 Å². The van der Waals surface area contributed by atoms with Gasteiger partial charge in [0.05, 0.1) is 13.1 Å². The van der Waals surface area contributed by atoms with Crippen molar-refractivity contribution in [1.29, 1.82) is 0 Å². The Labute approximate surface area is 72.0 Å². The molecule has 1 saturated heterocycles. The molecule has 1 fully saturated rings. The van der Waals surface area contributed by atoms with Gasteiger partial charge in [-0.05, 0) is 26.2 Å². The Morgan fingerprint density at radius 3 is 2.33 bits per heavy atom. The Bertz CT molecular complexity index is 175. The van der Waals surface area contributed by atoms with E-state index in [2.05, 4.69) is 0 Å². The van der Waals surface area contributed by atoms with Crippen molar-refractivity contribution in [2.75, 3.05) is 13.1 Å². The van der Waals surface area contributed by atoms with Crippen LogP contribution in [0.4, 0.5) is 0 Å². The fourth-order valence-corrected chi connectivity index (χ4v) is 1.64. The van der Waals surface area contributed by atoms with Crippen LogP contribution in [-0.2, 0) is 4.79 Å². The SMILES string of the molecule is C[C@H](C(=O)O)[N+]1([O-])CCCCC1. The van der Waals surface area contributed by atoms with Crippen molar-refractivity contribution in [3.63, 3.8) is 0 Å². The van der Waals surface area contributed by atoms with Crippen LogP contribution in [0.25, 0.3) is 0 Å². The Morgan fingerprint density at radius 1 is 1.42 bits per heavy atom. The molecule has 0 spiro atoms. The maximum absolute atomic E-state index is 11.8. The number of quaternary nitrogens is 1. The summed E-state index contributed by atoms with van der Waals surface area (Å²) in [7, 11) is 0. The van der Waals surface area contributed by atoms with Crippen LogP contribution in [-0.4, -0.2) is 34.9 Å². The van der Waals surface area contributed by atoms with Crippen LogP contribution >= 0.6 is 0 Å². The van der Waals surface area contributed by atoms with Gasteiger partial charge in [-0.2, -0.15) is 0 Å². The average molecular weight is 173 g/mol. The summed E-state index contributed by atoms with van der Waals surface area (Å²) < 4.78 is -0.532. The quantitative estimate of drug-likeness (QED) is 0.499. The first-order valence-electron chi connectivity index (χ1n) is 4.37. The molecule has 0 bridgehead atoms. The predicted octanol–water partition coefficient (Wildman–Crippen LogP) is 0.958. The smallest absolute Gasteiger partial charge is 0.362 e. The van der Waals surface area contributed by atoms with E-state index in [9.17, 15) is 10.0 Å². The second-order valence-electron chi connectivity index (χ2n) is 3.47. The fraction of sp³-hybridized carbons (Fsp3) is 0.875. The van der Waals surface area contributed by atoms with Crippen molar-refractivity contribution in [1.82, 2.24) is 0 Å². The minimum Gasteiger partial charge on any atom is -0.632 e. The molecule has 1 atom stereocenters. The van der Waals surface area contributed by atoms with Gasteiger partial charge >= 0.3 is 5.97 Å². The molecule has 1 N–H and O–H groups in total. The number of hydrogen-bond donors (Lipinski definition) is 1. The molecular weight excluding hydrogens is 158 g/mol. The number of carboxylic acid groups (broad SMARTS) is 1. The van der Waals surface area contributed by atoms with Gasteiger partial charge in [0, 0.05) is 0 Å². The average Bonchev–Trinajstić information content (AvgIpc) is 2.04. The van der Waals surface area contributed by atoms with Gasteiger partial charge in [-0.3, -0.25) is 0 Å². The summed E-state index contributed by atoms with van der Waals surface area (Å²) in [4.78, 5) is 10.6. The lowest BCUT2D eigenvalue weighted by Crippen LogP contribution is -2.55.